The van der Waals surface area contributed by atoms with Crippen molar-refractivity contribution >= 4 is 11.5 Å². The van der Waals surface area contributed by atoms with Crippen molar-refractivity contribution in [2.75, 3.05) is 14.2 Å². The topological polar surface area (TPSA) is 35.5 Å². The lowest BCUT2D eigenvalue weighted by Gasteiger charge is -2.06. The molecule has 16 heavy (non-hydrogen) atoms. The van der Waals surface area contributed by atoms with Gasteiger partial charge < -0.3 is 9.47 Å². The van der Waals surface area contributed by atoms with E-state index in [-0.39, 0.29) is 5.97 Å². The van der Waals surface area contributed by atoms with Crippen molar-refractivity contribution in [2.24, 2.45) is 0 Å². The Morgan fingerprint density at radius 1 is 1.25 bits per heavy atom. The summed E-state index contributed by atoms with van der Waals surface area (Å²) >= 11 is 0. The molecule has 0 N–H and O–H groups in total. The van der Waals surface area contributed by atoms with Gasteiger partial charge in [0.15, 0.2) is 0 Å². The van der Waals surface area contributed by atoms with Crippen LogP contribution in [-0.2, 0) is 9.53 Å². The number of hydrogen-bond acceptors (Lipinski definition) is 3. The number of carbonyl (C=O) groups is 1. The number of hydrogen-bond donors (Lipinski definition) is 0. The van der Waals surface area contributed by atoms with Gasteiger partial charge in [0, 0.05) is 6.08 Å². The zero-order chi connectivity index (χ0) is 12.0. The zero-order valence-electron chi connectivity index (χ0n) is 9.82. The van der Waals surface area contributed by atoms with Crippen LogP contribution < -0.4 is 4.74 Å². The molecular weight excluding hydrogens is 204 g/mol. The van der Waals surface area contributed by atoms with E-state index < -0.39 is 0 Å². The van der Waals surface area contributed by atoms with E-state index in [9.17, 15) is 4.79 Å². The van der Waals surface area contributed by atoms with Crippen molar-refractivity contribution in [3.63, 3.8) is 0 Å². The maximum absolute atomic E-state index is 11.2. The molecule has 0 aliphatic carbocycles. The van der Waals surface area contributed by atoms with E-state index >= 15 is 0 Å². The summed E-state index contributed by atoms with van der Waals surface area (Å²) in [6, 6.07) is 7.60. The van der Waals surface area contributed by atoms with Gasteiger partial charge in [-0.2, -0.15) is 0 Å². The number of ether oxygens (including phenoxy) is 2. The van der Waals surface area contributed by atoms with Crippen LogP contribution in [0.1, 0.15) is 18.9 Å². The van der Waals surface area contributed by atoms with Crippen LogP contribution in [0.15, 0.2) is 30.3 Å². The van der Waals surface area contributed by atoms with Gasteiger partial charge in [-0.05, 0) is 29.7 Å². The maximum Gasteiger partial charge on any atom is 0.330 e. The monoisotopic (exact) mass is 220 g/mol. The molecule has 0 aliphatic rings. The number of methoxy groups -OCH3 is 2. The van der Waals surface area contributed by atoms with Crippen molar-refractivity contribution in [3.05, 3.63) is 35.9 Å². The number of rotatable bonds is 4. The molecule has 0 heterocycles. The van der Waals surface area contributed by atoms with E-state index in [1.54, 1.807) is 7.11 Å². The van der Waals surface area contributed by atoms with Crippen LogP contribution in [0.25, 0.3) is 5.57 Å². The first-order chi connectivity index (χ1) is 7.71. The maximum atomic E-state index is 11.2. The number of carbonyl (C=O) groups excluding carboxylic acids is 1. The quantitative estimate of drug-likeness (QED) is 0.578. The molecular formula is C13H16O3. The molecule has 1 rings (SSSR count). The van der Waals surface area contributed by atoms with Crippen LogP contribution in [0.5, 0.6) is 5.75 Å². The lowest BCUT2D eigenvalue weighted by atomic mass is 10.0. The second kappa shape index (κ2) is 5.95. The van der Waals surface area contributed by atoms with Crippen molar-refractivity contribution in [3.8, 4) is 5.75 Å². The summed E-state index contributed by atoms with van der Waals surface area (Å²) in [6.45, 7) is 2.00. The Kier molecular flexibility index (Phi) is 4.58. The van der Waals surface area contributed by atoms with E-state index in [0.717, 1.165) is 23.3 Å². The van der Waals surface area contributed by atoms with Gasteiger partial charge in [-0.3, -0.25) is 0 Å². The van der Waals surface area contributed by atoms with Gasteiger partial charge >= 0.3 is 5.97 Å². The average Bonchev–Trinajstić information content (AvgIpc) is 2.35. The highest BCUT2D eigenvalue weighted by atomic mass is 16.5. The largest absolute Gasteiger partial charge is 0.497 e. The van der Waals surface area contributed by atoms with Crippen LogP contribution in [0.2, 0.25) is 0 Å². The first-order valence-corrected chi connectivity index (χ1v) is 5.14. The van der Waals surface area contributed by atoms with Gasteiger partial charge in [-0.1, -0.05) is 19.1 Å². The Bertz CT molecular complexity index is 377. The first kappa shape index (κ1) is 12.3. The third-order valence-corrected chi connectivity index (χ3v) is 2.33. The van der Waals surface area contributed by atoms with E-state index in [2.05, 4.69) is 4.74 Å². The fourth-order valence-corrected chi connectivity index (χ4v) is 1.40. The molecule has 3 heteroatoms. The third kappa shape index (κ3) is 3.12. The molecule has 0 amide bonds. The molecule has 0 fully saturated rings. The standard InChI is InChI=1S/C13H16O3/c1-4-10(9-13(14)16-3)11-5-7-12(15-2)8-6-11/h5-9H,4H2,1-3H3/b10-9-. The summed E-state index contributed by atoms with van der Waals surface area (Å²) in [6.07, 6.45) is 2.29. The average molecular weight is 220 g/mol. The number of benzene rings is 1. The molecule has 0 unspecified atom stereocenters. The van der Waals surface area contributed by atoms with Crippen molar-refractivity contribution in [1.82, 2.24) is 0 Å². The zero-order valence-corrected chi connectivity index (χ0v) is 9.82. The summed E-state index contributed by atoms with van der Waals surface area (Å²) in [5.41, 5.74) is 1.96. The van der Waals surface area contributed by atoms with Crippen LogP contribution in [0.4, 0.5) is 0 Å². The van der Waals surface area contributed by atoms with Crippen molar-refractivity contribution in [1.29, 1.82) is 0 Å². The minimum Gasteiger partial charge on any atom is -0.497 e. The minimum absolute atomic E-state index is 0.326. The highest BCUT2D eigenvalue weighted by molar-refractivity contribution is 5.91. The van der Waals surface area contributed by atoms with E-state index in [1.165, 1.54) is 13.2 Å². The summed E-state index contributed by atoms with van der Waals surface area (Å²) < 4.78 is 9.68. The summed E-state index contributed by atoms with van der Waals surface area (Å²) in [4.78, 5) is 11.2. The van der Waals surface area contributed by atoms with Crippen LogP contribution >= 0.6 is 0 Å². The molecule has 0 saturated heterocycles. The second-order valence-corrected chi connectivity index (χ2v) is 3.27. The van der Waals surface area contributed by atoms with Gasteiger partial charge in [0.2, 0.25) is 0 Å². The van der Waals surface area contributed by atoms with E-state index in [1.807, 2.05) is 31.2 Å². The molecule has 0 spiro atoms. The molecule has 0 radical (unpaired) electrons. The molecule has 0 aliphatic heterocycles. The number of allylic oxidation sites excluding steroid dienone is 1. The van der Waals surface area contributed by atoms with Crippen LogP contribution in [0, 0.1) is 0 Å². The molecule has 86 valence electrons. The van der Waals surface area contributed by atoms with Gasteiger partial charge in [-0.15, -0.1) is 0 Å². The van der Waals surface area contributed by atoms with Gasteiger partial charge in [0.05, 0.1) is 14.2 Å². The molecule has 0 bridgehead atoms. The molecule has 0 atom stereocenters. The second-order valence-electron chi connectivity index (χ2n) is 3.27. The Labute approximate surface area is 95.7 Å². The Hall–Kier alpha value is -1.77. The minimum atomic E-state index is -0.326. The van der Waals surface area contributed by atoms with Crippen LogP contribution in [-0.4, -0.2) is 20.2 Å². The summed E-state index contributed by atoms with van der Waals surface area (Å²) in [5.74, 6) is 0.477. The van der Waals surface area contributed by atoms with Crippen molar-refractivity contribution < 1.29 is 14.3 Å². The van der Waals surface area contributed by atoms with E-state index in [4.69, 9.17) is 4.74 Å². The molecule has 0 saturated carbocycles. The molecule has 0 aromatic heterocycles. The van der Waals surface area contributed by atoms with Crippen molar-refractivity contribution in [2.45, 2.75) is 13.3 Å². The molecule has 1 aromatic carbocycles. The molecule has 3 nitrogen and oxygen atoms in total. The highest BCUT2D eigenvalue weighted by Gasteiger charge is 2.03. The lowest BCUT2D eigenvalue weighted by Crippen LogP contribution is -1.96. The summed E-state index contributed by atoms with van der Waals surface area (Å²) in [5, 5.41) is 0. The fourth-order valence-electron chi connectivity index (χ4n) is 1.40. The SMILES string of the molecule is CC/C(=C/C(=O)OC)c1ccc(OC)cc1. The lowest BCUT2D eigenvalue weighted by molar-refractivity contribution is -0.134. The Morgan fingerprint density at radius 2 is 1.88 bits per heavy atom. The third-order valence-electron chi connectivity index (χ3n) is 2.33. The van der Waals surface area contributed by atoms with Gasteiger partial charge in [0.1, 0.15) is 5.75 Å². The first-order valence-electron chi connectivity index (χ1n) is 5.14. The number of esters is 1. The smallest absolute Gasteiger partial charge is 0.330 e. The van der Waals surface area contributed by atoms with Crippen LogP contribution in [0.3, 0.4) is 0 Å². The van der Waals surface area contributed by atoms with E-state index in [0.29, 0.717) is 0 Å². The predicted octanol–water partition coefficient (Wildman–Crippen LogP) is 2.66. The molecule has 1 aromatic rings. The Balaban J connectivity index is 2.95. The predicted molar refractivity (Wildman–Crippen MR) is 63.3 cm³/mol. The van der Waals surface area contributed by atoms with Gasteiger partial charge in [0.25, 0.3) is 0 Å². The highest BCUT2D eigenvalue weighted by Crippen LogP contribution is 2.21. The Morgan fingerprint density at radius 3 is 2.31 bits per heavy atom. The normalized spacial score (nSPS) is 11.1. The summed E-state index contributed by atoms with van der Waals surface area (Å²) in [7, 11) is 3.00. The fraction of sp³-hybridized carbons (Fsp3) is 0.308. The van der Waals surface area contributed by atoms with Gasteiger partial charge in [-0.25, -0.2) is 4.79 Å².